The monoisotopic (exact) mass is 293 g/mol. The number of hydrogen-bond donors (Lipinski definition) is 1. The smallest absolute Gasteiger partial charge is 0.305 e. The van der Waals surface area contributed by atoms with Crippen molar-refractivity contribution in [3.63, 3.8) is 0 Å². The van der Waals surface area contributed by atoms with Crippen LogP contribution in [0.2, 0.25) is 19.6 Å². The highest BCUT2D eigenvalue weighted by Crippen LogP contribution is 2.23. The van der Waals surface area contributed by atoms with Crippen LogP contribution in [0.3, 0.4) is 0 Å². The SMILES string of the molecule is CC(N(CCC(=O)O)c1ccc(C=O)cc1)[Si](C)(C)C. The fourth-order valence-corrected chi connectivity index (χ4v) is 3.19. The molecule has 4 nitrogen and oxygen atoms in total. The van der Waals surface area contributed by atoms with Gasteiger partial charge in [0.2, 0.25) is 0 Å². The second-order valence-electron chi connectivity index (χ2n) is 6.09. The molecule has 0 aromatic heterocycles. The van der Waals surface area contributed by atoms with E-state index in [0.29, 0.717) is 17.8 Å². The van der Waals surface area contributed by atoms with Crippen LogP contribution in [0.5, 0.6) is 0 Å². The standard InChI is InChI=1S/C15H23NO3Si/c1-12(20(2,3)4)16(10-9-15(18)19)14-7-5-13(11-17)6-8-14/h5-8,11-12H,9-10H2,1-4H3,(H,18,19). The molecule has 1 aromatic rings. The molecule has 1 atom stereocenters. The zero-order chi connectivity index (χ0) is 15.3. The summed E-state index contributed by atoms with van der Waals surface area (Å²) in [5.41, 5.74) is 1.93. The number of carboxylic acids is 1. The number of nitrogens with zero attached hydrogens (tertiary/aromatic N) is 1. The van der Waals surface area contributed by atoms with Gasteiger partial charge in [0, 0.05) is 23.5 Å². The van der Waals surface area contributed by atoms with Crippen molar-refractivity contribution >= 4 is 26.0 Å². The van der Waals surface area contributed by atoms with Gasteiger partial charge in [0.05, 0.1) is 14.5 Å². The van der Waals surface area contributed by atoms with Crippen LogP contribution in [0.25, 0.3) is 0 Å². The van der Waals surface area contributed by atoms with E-state index in [-0.39, 0.29) is 6.42 Å². The Morgan fingerprint density at radius 3 is 2.25 bits per heavy atom. The summed E-state index contributed by atoms with van der Waals surface area (Å²) in [5.74, 6) is -0.790. The number of aliphatic carboxylic acids is 1. The third-order valence-corrected chi connectivity index (χ3v) is 6.47. The normalized spacial score (nSPS) is 12.8. The van der Waals surface area contributed by atoms with Crippen LogP contribution >= 0.6 is 0 Å². The van der Waals surface area contributed by atoms with Crippen LogP contribution in [-0.2, 0) is 4.79 Å². The van der Waals surface area contributed by atoms with Gasteiger partial charge >= 0.3 is 5.97 Å². The Morgan fingerprint density at radius 1 is 1.30 bits per heavy atom. The van der Waals surface area contributed by atoms with Crippen molar-refractivity contribution in [3.8, 4) is 0 Å². The molecule has 0 amide bonds. The van der Waals surface area contributed by atoms with Gasteiger partial charge in [0.25, 0.3) is 0 Å². The zero-order valence-corrected chi connectivity index (χ0v) is 13.6. The first kappa shape index (κ1) is 16.4. The molecule has 0 heterocycles. The maximum atomic E-state index is 10.8. The lowest BCUT2D eigenvalue weighted by Crippen LogP contribution is -2.50. The topological polar surface area (TPSA) is 57.6 Å². The Balaban J connectivity index is 3.01. The van der Waals surface area contributed by atoms with Crippen LogP contribution in [-0.4, -0.2) is 37.6 Å². The summed E-state index contributed by atoms with van der Waals surface area (Å²) in [7, 11) is -1.44. The quantitative estimate of drug-likeness (QED) is 0.620. The average Bonchev–Trinajstić information content (AvgIpc) is 2.38. The summed E-state index contributed by atoms with van der Waals surface area (Å²) in [6.07, 6.45) is 0.928. The lowest BCUT2D eigenvalue weighted by atomic mass is 10.2. The molecule has 0 bridgehead atoms. The number of carbonyl (C=O) groups is 2. The summed E-state index contributed by atoms with van der Waals surface area (Å²) in [4.78, 5) is 23.7. The van der Waals surface area contributed by atoms with Crippen molar-refractivity contribution in [2.24, 2.45) is 0 Å². The number of carbonyl (C=O) groups excluding carboxylic acids is 1. The summed E-state index contributed by atoms with van der Waals surface area (Å²) in [6, 6.07) is 7.32. The predicted molar refractivity (Wildman–Crippen MR) is 84.2 cm³/mol. The van der Waals surface area contributed by atoms with Crippen LogP contribution in [0.1, 0.15) is 23.7 Å². The molecule has 1 aromatic carbocycles. The van der Waals surface area contributed by atoms with Crippen molar-refractivity contribution in [1.29, 1.82) is 0 Å². The molecule has 1 rings (SSSR count). The maximum absolute atomic E-state index is 10.8. The van der Waals surface area contributed by atoms with Gasteiger partial charge in [-0.2, -0.15) is 0 Å². The van der Waals surface area contributed by atoms with Gasteiger partial charge in [-0.25, -0.2) is 0 Å². The largest absolute Gasteiger partial charge is 0.481 e. The van der Waals surface area contributed by atoms with E-state index in [9.17, 15) is 9.59 Å². The van der Waals surface area contributed by atoms with E-state index in [4.69, 9.17) is 5.11 Å². The molecule has 0 fully saturated rings. The van der Waals surface area contributed by atoms with Crippen molar-refractivity contribution in [2.75, 3.05) is 11.4 Å². The van der Waals surface area contributed by atoms with E-state index in [1.807, 2.05) is 12.1 Å². The molecule has 0 spiro atoms. The van der Waals surface area contributed by atoms with Gasteiger partial charge in [0.1, 0.15) is 6.29 Å². The van der Waals surface area contributed by atoms with E-state index in [2.05, 4.69) is 31.5 Å². The average molecular weight is 293 g/mol. The minimum Gasteiger partial charge on any atom is -0.481 e. The van der Waals surface area contributed by atoms with Crippen molar-refractivity contribution in [1.82, 2.24) is 0 Å². The molecule has 1 N–H and O–H groups in total. The highest BCUT2D eigenvalue weighted by molar-refractivity contribution is 6.78. The van der Waals surface area contributed by atoms with Gasteiger partial charge in [-0.3, -0.25) is 9.59 Å². The maximum Gasteiger partial charge on any atom is 0.305 e. The third-order valence-electron chi connectivity index (χ3n) is 3.65. The minimum atomic E-state index is -1.44. The minimum absolute atomic E-state index is 0.115. The molecular weight excluding hydrogens is 270 g/mol. The number of aldehydes is 1. The van der Waals surface area contributed by atoms with Gasteiger partial charge in [-0.1, -0.05) is 19.6 Å². The second kappa shape index (κ2) is 6.70. The fraction of sp³-hybridized carbons (Fsp3) is 0.467. The molecule has 5 heteroatoms. The molecule has 1 unspecified atom stereocenters. The number of hydrogen-bond acceptors (Lipinski definition) is 3. The van der Waals surface area contributed by atoms with E-state index in [0.717, 1.165) is 12.0 Å². The molecule has 0 radical (unpaired) electrons. The lowest BCUT2D eigenvalue weighted by molar-refractivity contribution is -0.136. The highest BCUT2D eigenvalue weighted by Gasteiger charge is 2.28. The van der Waals surface area contributed by atoms with Crippen LogP contribution in [0, 0.1) is 0 Å². The predicted octanol–water partition coefficient (Wildman–Crippen LogP) is 3.05. The Hall–Kier alpha value is -1.62. The van der Waals surface area contributed by atoms with Crippen LogP contribution < -0.4 is 4.90 Å². The molecular formula is C15H23NO3Si. The molecule has 0 aliphatic carbocycles. The first-order valence-electron chi connectivity index (χ1n) is 6.79. The summed E-state index contributed by atoms with van der Waals surface area (Å²) in [6.45, 7) is 9.45. The molecule has 0 aliphatic rings. The molecule has 0 aliphatic heterocycles. The molecule has 20 heavy (non-hydrogen) atoms. The van der Waals surface area contributed by atoms with E-state index in [1.54, 1.807) is 12.1 Å². The van der Waals surface area contributed by atoms with Crippen LogP contribution in [0.4, 0.5) is 5.69 Å². The second-order valence-corrected chi connectivity index (χ2v) is 11.7. The first-order valence-corrected chi connectivity index (χ1v) is 10.4. The summed E-state index contributed by atoms with van der Waals surface area (Å²) in [5, 5.41) is 8.91. The number of benzene rings is 1. The van der Waals surface area contributed by atoms with Gasteiger partial charge in [0.15, 0.2) is 0 Å². The molecule has 0 saturated carbocycles. The lowest BCUT2D eigenvalue weighted by Gasteiger charge is -2.38. The first-order chi connectivity index (χ1) is 9.25. The Labute approximate surface area is 121 Å². The van der Waals surface area contributed by atoms with E-state index in [1.165, 1.54) is 0 Å². The number of carboxylic acid groups (broad SMARTS) is 1. The van der Waals surface area contributed by atoms with Crippen molar-refractivity contribution in [3.05, 3.63) is 29.8 Å². The van der Waals surface area contributed by atoms with Gasteiger partial charge in [-0.15, -0.1) is 0 Å². The fourth-order valence-electron chi connectivity index (χ4n) is 1.97. The van der Waals surface area contributed by atoms with E-state index < -0.39 is 14.0 Å². The van der Waals surface area contributed by atoms with Gasteiger partial charge in [-0.05, 0) is 31.2 Å². The van der Waals surface area contributed by atoms with Crippen LogP contribution in [0.15, 0.2) is 24.3 Å². The van der Waals surface area contributed by atoms with E-state index >= 15 is 0 Å². The Kier molecular flexibility index (Phi) is 5.50. The van der Waals surface area contributed by atoms with Crippen molar-refractivity contribution in [2.45, 2.75) is 38.7 Å². The Morgan fingerprint density at radius 2 is 1.85 bits per heavy atom. The van der Waals surface area contributed by atoms with Gasteiger partial charge < -0.3 is 10.0 Å². The molecule has 0 saturated heterocycles. The summed E-state index contributed by atoms with van der Waals surface area (Å²) < 4.78 is 0. The summed E-state index contributed by atoms with van der Waals surface area (Å²) >= 11 is 0. The highest BCUT2D eigenvalue weighted by atomic mass is 28.3. The number of anilines is 1. The van der Waals surface area contributed by atoms with Crippen molar-refractivity contribution < 1.29 is 14.7 Å². The third kappa shape index (κ3) is 4.49. The number of rotatable bonds is 7. The Bertz CT molecular complexity index is 465. The molecule has 110 valence electrons. The zero-order valence-electron chi connectivity index (χ0n) is 12.6.